The zero-order valence-corrected chi connectivity index (χ0v) is 45.8. The molecule has 8 N–H and O–H groups in total. The highest BCUT2D eigenvalue weighted by Crippen LogP contribution is 2.36. The number of fused-ring (bicyclic) bond motifs is 1. The highest BCUT2D eigenvalue weighted by molar-refractivity contribution is 7.90. The van der Waals surface area contributed by atoms with Crippen molar-refractivity contribution >= 4 is 87.9 Å². The second-order valence-corrected chi connectivity index (χ2v) is 21.2. The number of pyridine rings is 1. The number of amides is 3. The number of benzene rings is 1. The van der Waals surface area contributed by atoms with E-state index < -0.39 is 46.4 Å². The Bertz CT molecular complexity index is 3020. The zero-order valence-electron chi connectivity index (χ0n) is 41.9. The summed E-state index contributed by atoms with van der Waals surface area (Å²) < 4.78 is 55.7. The summed E-state index contributed by atoms with van der Waals surface area (Å²) in [6.45, 7) is 8.67. The lowest BCUT2D eigenvalue weighted by Crippen LogP contribution is -2.36. The van der Waals surface area contributed by atoms with E-state index in [0.717, 1.165) is 31.6 Å². The first-order chi connectivity index (χ1) is 35.2. The van der Waals surface area contributed by atoms with Gasteiger partial charge in [-0.3, -0.25) is 24.0 Å². The van der Waals surface area contributed by atoms with E-state index in [1.165, 1.54) is 75.0 Å². The van der Waals surface area contributed by atoms with Crippen LogP contribution in [0.15, 0.2) is 46.3 Å². The largest absolute Gasteiger partial charge is 0.481 e. The number of nitrogens with one attached hydrogen (secondary N) is 4. The van der Waals surface area contributed by atoms with Gasteiger partial charge in [0.05, 0.1) is 41.6 Å². The van der Waals surface area contributed by atoms with E-state index in [4.69, 9.17) is 71.2 Å². The molecule has 32 heteroatoms. The van der Waals surface area contributed by atoms with Gasteiger partial charge in [0.2, 0.25) is 34.9 Å². The number of nitrogens with two attached hydrogens (primary N) is 1. The summed E-state index contributed by atoms with van der Waals surface area (Å²) in [5.74, 6) is 2.70. The summed E-state index contributed by atoms with van der Waals surface area (Å²) in [7, 11) is -1.95. The van der Waals surface area contributed by atoms with Gasteiger partial charge in [-0.2, -0.15) is 38.0 Å². The zero-order chi connectivity index (χ0) is 56.2. The Hall–Kier alpha value is -6.86. The number of ether oxygens (including phenoxy) is 3. The molecule has 0 saturated heterocycles. The SMILES string of the molecule is C#CCOc1cc(-n2nc3n(c2=O)CCCC3)c(Cl)cc1Cl.CCNc1nc(Cl)nc(NC(C)C)n1.COc1cc(OC)nc(NC(=O)NS(=O)(=O)c2ncccc2C(=O)N(C)C)n1.CP(=O)(O)CCC(N)C(=O)O. The summed E-state index contributed by atoms with van der Waals surface area (Å²) in [6, 6.07) is 5.25. The predicted octanol–water partition coefficient (Wildman–Crippen LogP) is 4.26. The van der Waals surface area contributed by atoms with Crippen molar-refractivity contribution < 1.29 is 51.6 Å². The lowest BCUT2D eigenvalue weighted by Gasteiger charge is -2.14. The molecule has 6 rings (SSSR count). The average Bonchev–Trinajstić information content (AvgIpc) is 3.67. The number of rotatable bonds is 17. The molecule has 3 amide bonds. The van der Waals surface area contributed by atoms with E-state index in [2.05, 4.69) is 56.9 Å². The molecule has 0 saturated carbocycles. The average molecular weight is 1150 g/mol. The number of carboxylic acids is 1. The second-order valence-electron chi connectivity index (χ2n) is 15.9. The van der Waals surface area contributed by atoms with E-state index in [0.29, 0.717) is 39.9 Å². The van der Waals surface area contributed by atoms with E-state index in [-0.39, 0.29) is 59.5 Å². The maximum atomic E-state index is 12.5. The van der Waals surface area contributed by atoms with Crippen molar-refractivity contribution in [3.63, 3.8) is 0 Å². The number of urea groups is 1. The number of aliphatic carboxylic acids is 1. The third kappa shape index (κ3) is 20.1. The maximum absolute atomic E-state index is 12.5. The number of methoxy groups -OCH3 is 2. The third-order valence-electron chi connectivity index (χ3n) is 9.26. The number of carboxylic acid groups (broad SMARTS) is 1. The van der Waals surface area contributed by atoms with Crippen molar-refractivity contribution in [1.29, 1.82) is 0 Å². The number of aromatic nitrogens is 9. The first-order valence-electron chi connectivity index (χ1n) is 22.1. The molecular weight excluding hydrogens is 1090 g/mol. The van der Waals surface area contributed by atoms with Crippen LogP contribution in [0.3, 0.4) is 0 Å². The normalized spacial score (nSPS) is 12.7. The standard InChI is InChI=1S/C15H13Cl2N3O2.C15H18N6O6S.C8H14ClN5.C5H12NO4P/c1-2-7-22-13-9-12(10(16)8-11(13)17)20-15(21)19-6-4-3-5-14(19)18-20;1-21(2)13(22)9-6-5-7-16-12(9)28(24,25)20-15(23)19-14-17-10(26-3)8-11(18-14)27-4;1-4-10-7-12-6(9)13-8(14-7)11-5(2)3;1-11(9,10)3-2-4(6)5(7)8/h1,8-9H,3-7H2;5-8H,1-4H3,(H2,17,18,19,20,23);5H,4H2,1-3H3,(H2,10,11,12,13,14);4H,2-3,6H2,1H3,(H,7,8)(H,9,10). The number of terminal acetylenes is 1. The molecule has 408 valence electrons. The molecule has 0 aliphatic carbocycles. The van der Waals surface area contributed by atoms with E-state index in [9.17, 15) is 32.2 Å². The molecule has 75 heavy (non-hydrogen) atoms. The van der Waals surface area contributed by atoms with Crippen LogP contribution in [-0.2, 0) is 32.3 Å². The van der Waals surface area contributed by atoms with Crippen molar-refractivity contribution in [3.05, 3.63) is 73.7 Å². The number of sulfonamides is 1. The first-order valence-corrected chi connectivity index (χ1v) is 27.1. The minimum atomic E-state index is -4.46. The molecular formula is C43H57Cl3N15O12PS. The molecule has 1 aliphatic rings. The van der Waals surface area contributed by atoms with Gasteiger partial charge >= 0.3 is 17.7 Å². The summed E-state index contributed by atoms with van der Waals surface area (Å²) in [5.41, 5.74) is 5.13. The summed E-state index contributed by atoms with van der Waals surface area (Å²) in [6.07, 6.45) is 9.16. The van der Waals surface area contributed by atoms with E-state index >= 15 is 0 Å². The molecule has 2 unspecified atom stereocenters. The molecule has 0 radical (unpaired) electrons. The summed E-state index contributed by atoms with van der Waals surface area (Å²) in [5, 5.41) is 21.1. The molecule has 5 aromatic rings. The molecule has 4 aromatic heterocycles. The van der Waals surface area contributed by atoms with Crippen LogP contribution in [0.5, 0.6) is 17.5 Å². The van der Waals surface area contributed by atoms with Crippen LogP contribution in [0.1, 0.15) is 56.2 Å². The lowest BCUT2D eigenvalue weighted by molar-refractivity contribution is -0.138. The Balaban J connectivity index is 0.000000280. The minimum Gasteiger partial charge on any atom is -0.481 e. The van der Waals surface area contributed by atoms with Crippen molar-refractivity contribution in [3.8, 4) is 35.5 Å². The quantitative estimate of drug-likeness (QED) is 0.0505. The number of aryl methyl sites for hydroxylation is 1. The van der Waals surface area contributed by atoms with Crippen LogP contribution in [0.25, 0.3) is 5.69 Å². The fraction of sp³-hybridized carbons (Fsp3) is 0.419. The molecule has 5 heterocycles. The Morgan fingerprint density at radius 1 is 1.00 bits per heavy atom. The van der Waals surface area contributed by atoms with Crippen molar-refractivity contribution in [2.24, 2.45) is 5.73 Å². The Morgan fingerprint density at radius 3 is 2.21 bits per heavy atom. The molecule has 0 bridgehead atoms. The van der Waals surface area contributed by atoms with Gasteiger partial charge in [0.1, 0.15) is 24.2 Å². The number of carbonyl (C=O) groups is 3. The second kappa shape index (κ2) is 29.3. The highest BCUT2D eigenvalue weighted by atomic mass is 35.5. The van der Waals surface area contributed by atoms with Crippen LogP contribution in [-0.4, -0.2) is 152 Å². The maximum Gasteiger partial charge on any atom is 0.350 e. The highest BCUT2D eigenvalue weighted by Gasteiger charge is 2.27. The van der Waals surface area contributed by atoms with Crippen LogP contribution in [0, 0.1) is 12.3 Å². The molecule has 0 fully saturated rings. The number of hydrogen-bond acceptors (Lipinski definition) is 20. The topological polar surface area (TPSA) is 365 Å². The first kappa shape index (κ1) is 62.4. The number of nitrogens with zero attached hydrogens (tertiary/aromatic N) is 10. The van der Waals surface area contributed by atoms with Gasteiger partial charge in [-0.25, -0.2) is 19.3 Å². The number of carbonyl (C=O) groups excluding carboxylic acids is 2. The van der Waals surface area contributed by atoms with E-state index in [1.807, 2.05) is 20.8 Å². The van der Waals surface area contributed by atoms with Gasteiger partial charge in [-0.05, 0) is 69.8 Å². The fourth-order valence-electron chi connectivity index (χ4n) is 5.85. The Labute approximate surface area is 446 Å². The minimum absolute atomic E-state index is 0.0412. The van der Waals surface area contributed by atoms with Crippen LogP contribution in [0.2, 0.25) is 15.3 Å². The summed E-state index contributed by atoms with van der Waals surface area (Å²) >= 11 is 18.0. The predicted molar refractivity (Wildman–Crippen MR) is 280 cm³/mol. The summed E-state index contributed by atoms with van der Waals surface area (Å²) in [4.78, 5) is 80.3. The van der Waals surface area contributed by atoms with Gasteiger partial charge in [0.25, 0.3) is 15.9 Å². The van der Waals surface area contributed by atoms with Crippen molar-refractivity contribution in [2.45, 2.75) is 70.1 Å². The van der Waals surface area contributed by atoms with Gasteiger partial charge < -0.3 is 45.5 Å². The van der Waals surface area contributed by atoms with Crippen molar-refractivity contribution in [2.75, 3.05) is 70.2 Å². The van der Waals surface area contributed by atoms with Gasteiger partial charge in [0.15, 0.2) is 12.4 Å². The number of anilines is 3. The Morgan fingerprint density at radius 2 is 1.65 bits per heavy atom. The Kier molecular flexibility index (Phi) is 24.4. The third-order valence-corrected chi connectivity index (χ3v) is 12.4. The lowest BCUT2D eigenvalue weighted by atomic mass is 10.2. The molecule has 1 aliphatic heterocycles. The van der Waals surface area contributed by atoms with Crippen LogP contribution >= 0.6 is 42.2 Å². The van der Waals surface area contributed by atoms with Crippen LogP contribution < -0.4 is 46.3 Å². The smallest absolute Gasteiger partial charge is 0.350 e. The molecule has 27 nitrogen and oxygen atoms in total. The van der Waals surface area contributed by atoms with Crippen LogP contribution in [0.4, 0.5) is 22.6 Å². The molecule has 1 aromatic carbocycles. The van der Waals surface area contributed by atoms with Gasteiger partial charge in [-0.1, -0.05) is 29.1 Å². The van der Waals surface area contributed by atoms with Crippen molar-refractivity contribution in [1.82, 2.24) is 53.9 Å². The fourth-order valence-corrected chi connectivity index (χ4v) is 8.33. The molecule has 2 atom stereocenters. The van der Waals surface area contributed by atoms with Gasteiger partial charge in [0, 0.05) is 64.7 Å². The van der Waals surface area contributed by atoms with Gasteiger partial charge in [-0.15, -0.1) is 11.5 Å². The number of halogens is 3. The number of hydrogen-bond donors (Lipinski definition) is 7. The monoisotopic (exact) mass is 1140 g/mol. The van der Waals surface area contributed by atoms with E-state index in [1.54, 1.807) is 15.4 Å². The molecule has 0 spiro atoms.